The fourth-order valence-electron chi connectivity index (χ4n) is 3.67. The number of benzene rings is 1. The van der Waals surface area contributed by atoms with E-state index >= 15 is 0 Å². The normalized spacial score (nSPS) is 21.6. The Balaban J connectivity index is 1.31. The summed E-state index contributed by atoms with van der Waals surface area (Å²) in [4.78, 5) is 2.32. The molecule has 6 heteroatoms. The van der Waals surface area contributed by atoms with Crippen LogP contribution in [0.4, 0.5) is 8.78 Å². The molecule has 1 atom stereocenters. The van der Waals surface area contributed by atoms with Crippen LogP contribution in [0.1, 0.15) is 55.4 Å². The van der Waals surface area contributed by atoms with Gasteiger partial charge in [0, 0.05) is 18.0 Å². The van der Waals surface area contributed by atoms with E-state index in [4.69, 9.17) is 4.42 Å². The van der Waals surface area contributed by atoms with Crippen LogP contribution in [-0.2, 0) is 13.0 Å². The SMILES string of the molecule is Fc1cccc(F)c1CCC1CCCN(Cc2nnc(C3CC3)o2)C1. The lowest BCUT2D eigenvalue weighted by Gasteiger charge is -2.31. The Labute approximate surface area is 146 Å². The van der Waals surface area contributed by atoms with Gasteiger partial charge in [-0.1, -0.05) is 6.07 Å². The van der Waals surface area contributed by atoms with Crippen LogP contribution in [0.2, 0.25) is 0 Å². The van der Waals surface area contributed by atoms with Gasteiger partial charge in [-0.2, -0.15) is 0 Å². The summed E-state index contributed by atoms with van der Waals surface area (Å²) in [5.41, 5.74) is 0.214. The minimum absolute atomic E-state index is 0.214. The van der Waals surface area contributed by atoms with Gasteiger partial charge in [0.25, 0.3) is 0 Å². The molecule has 1 saturated heterocycles. The predicted octanol–water partition coefficient (Wildman–Crippen LogP) is 4.07. The minimum Gasteiger partial charge on any atom is -0.424 e. The zero-order valence-electron chi connectivity index (χ0n) is 14.3. The van der Waals surface area contributed by atoms with Crippen LogP contribution < -0.4 is 0 Å². The summed E-state index contributed by atoms with van der Waals surface area (Å²) < 4.78 is 33.3. The average Bonchev–Trinajstić information content (AvgIpc) is 3.35. The Morgan fingerprint density at radius 1 is 1.12 bits per heavy atom. The molecule has 0 amide bonds. The lowest BCUT2D eigenvalue weighted by Crippen LogP contribution is -2.35. The van der Waals surface area contributed by atoms with Gasteiger partial charge < -0.3 is 4.42 Å². The lowest BCUT2D eigenvalue weighted by molar-refractivity contribution is 0.148. The van der Waals surface area contributed by atoms with Crippen molar-refractivity contribution in [2.45, 2.75) is 51.0 Å². The summed E-state index contributed by atoms with van der Waals surface area (Å²) in [7, 11) is 0. The van der Waals surface area contributed by atoms with Crippen LogP contribution in [-0.4, -0.2) is 28.2 Å². The van der Waals surface area contributed by atoms with Gasteiger partial charge in [-0.05, 0) is 63.1 Å². The van der Waals surface area contributed by atoms with Gasteiger partial charge in [0.2, 0.25) is 11.8 Å². The first-order valence-electron chi connectivity index (χ1n) is 9.16. The molecular formula is C19H23F2N3O. The molecular weight excluding hydrogens is 324 g/mol. The van der Waals surface area contributed by atoms with Crippen molar-refractivity contribution in [1.29, 1.82) is 0 Å². The van der Waals surface area contributed by atoms with Crippen molar-refractivity contribution in [1.82, 2.24) is 15.1 Å². The molecule has 4 nitrogen and oxygen atoms in total. The molecule has 2 aromatic rings. The van der Waals surface area contributed by atoms with Crippen LogP contribution in [0.25, 0.3) is 0 Å². The molecule has 4 rings (SSSR count). The molecule has 1 aromatic heterocycles. The van der Waals surface area contributed by atoms with Gasteiger partial charge in [0.15, 0.2) is 0 Å². The van der Waals surface area contributed by atoms with Crippen molar-refractivity contribution in [3.63, 3.8) is 0 Å². The molecule has 1 unspecified atom stereocenters. The molecule has 2 aliphatic rings. The number of hydrogen-bond acceptors (Lipinski definition) is 4. The fourth-order valence-corrected chi connectivity index (χ4v) is 3.67. The first kappa shape index (κ1) is 16.6. The smallest absolute Gasteiger partial charge is 0.230 e. The van der Waals surface area contributed by atoms with E-state index in [0.717, 1.165) is 51.1 Å². The standard InChI is InChI=1S/C19H23F2N3O/c20-16-4-1-5-17(21)15(16)9-6-13-3-2-10-24(11-13)12-18-22-23-19(25-18)14-7-8-14/h1,4-5,13-14H,2-3,6-12H2. The van der Waals surface area contributed by atoms with E-state index in [0.29, 0.717) is 30.7 Å². The van der Waals surface area contributed by atoms with E-state index in [9.17, 15) is 8.78 Å². The highest BCUT2D eigenvalue weighted by molar-refractivity contribution is 5.19. The largest absolute Gasteiger partial charge is 0.424 e. The van der Waals surface area contributed by atoms with Gasteiger partial charge in [0.1, 0.15) is 11.6 Å². The molecule has 0 bridgehead atoms. The summed E-state index contributed by atoms with van der Waals surface area (Å²) in [5, 5.41) is 8.29. The topological polar surface area (TPSA) is 42.2 Å². The van der Waals surface area contributed by atoms with Crippen molar-refractivity contribution in [2.24, 2.45) is 5.92 Å². The Bertz CT molecular complexity index is 709. The van der Waals surface area contributed by atoms with E-state index in [2.05, 4.69) is 15.1 Å². The predicted molar refractivity (Wildman–Crippen MR) is 89.0 cm³/mol. The van der Waals surface area contributed by atoms with Crippen molar-refractivity contribution >= 4 is 0 Å². The molecule has 2 heterocycles. The van der Waals surface area contributed by atoms with Crippen LogP contribution in [0, 0.1) is 17.6 Å². The van der Waals surface area contributed by atoms with E-state index in [1.807, 2.05) is 0 Å². The number of halogens is 2. The first-order chi connectivity index (χ1) is 12.2. The minimum atomic E-state index is -0.439. The summed E-state index contributed by atoms with van der Waals surface area (Å²) in [6.07, 6.45) is 5.74. The van der Waals surface area contributed by atoms with Crippen molar-refractivity contribution in [3.05, 3.63) is 47.2 Å². The molecule has 0 spiro atoms. The molecule has 1 aromatic carbocycles. The van der Waals surface area contributed by atoms with E-state index in [1.165, 1.54) is 18.2 Å². The van der Waals surface area contributed by atoms with Gasteiger partial charge >= 0.3 is 0 Å². The van der Waals surface area contributed by atoms with E-state index in [1.54, 1.807) is 0 Å². The second-order valence-corrected chi connectivity index (χ2v) is 7.29. The Kier molecular flexibility index (Phi) is 4.79. The summed E-state index contributed by atoms with van der Waals surface area (Å²) in [6, 6.07) is 4.08. The highest BCUT2D eigenvalue weighted by Gasteiger charge is 2.30. The van der Waals surface area contributed by atoms with Crippen LogP contribution >= 0.6 is 0 Å². The zero-order chi connectivity index (χ0) is 17.2. The molecule has 0 radical (unpaired) electrons. The number of likely N-dealkylation sites (tertiary alicyclic amines) is 1. The third-order valence-electron chi connectivity index (χ3n) is 5.24. The lowest BCUT2D eigenvalue weighted by atomic mass is 9.91. The van der Waals surface area contributed by atoms with Crippen molar-refractivity contribution in [2.75, 3.05) is 13.1 Å². The number of nitrogens with zero attached hydrogens (tertiary/aromatic N) is 3. The average molecular weight is 347 g/mol. The maximum absolute atomic E-state index is 13.8. The summed E-state index contributed by atoms with van der Waals surface area (Å²) >= 11 is 0. The molecule has 1 aliphatic heterocycles. The van der Waals surface area contributed by atoms with Crippen LogP contribution in [0.3, 0.4) is 0 Å². The second kappa shape index (κ2) is 7.20. The number of piperidine rings is 1. The molecule has 25 heavy (non-hydrogen) atoms. The van der Waals surface area contributed by atoms with Gasteiger partial charge in [-0.25, -0.2) is 8.78 Å². The quantitative estimate of drug-likeness (QED) is 0.790. The number of aromatic nitrogens is 2. The molecule has 2 fully saturated rings. The van der Waals surface area contributed by atoms with Gasteiger partial charge in [-0.15, -0.1) is 10.2 Å². The molecule has 1 aliphatic carbocycles. The van der Waals surface area contributed by atoms with Gasteiger partial charge in [-0.3, -0.25) is 4.90 Å². The molecule has 1 saturated carbocycles. The number of hydrogen-bond donors (Lipinski definition) is 0. The Morgan fingerprint density at radius 2 is 1.92 bits per heavy atom. The second-order valence-electron chi connectivity index (χ2n) is 7.29. The summed E-state index contributed by atoms with van der Waals surface area (Å²) in [6.45, 7) is 2.59. The molecule has 0 N–H and O–H groups in total. The van der Waals surface area contributed by atoms with Crippen LogP contribution in [0.5, 0.6) is 0 Å². The third kappa shape index (κ3) is 4.06. The Morgan fingerprint density at radius 3 is 2.68 bits per heavy atom. The monoisotopic (exact) mass is 347 g/mol. The van der Waals surface area contributed by atoms with E-state index < -0.39 is 11.6 Å². The number of rotatable bonds is 6. The van der Waals surface area contributed by atoms with Crippen molar-refractivity contribution in [3.8, 4) is 0 Å². The maximum atomic E-state index is 13.8. The highest BCUT2D eigenvalue weighted by atomic mass is 19.1. The Hall–Kier alpha value is -1.82. The fraction of sp³-hybridized carbons (Fsp3) is 0.579. The zero-order valence-corrected chi connectivity index (χ0v) is 14.3. The van der Waals surface area contributed by atoms with E-state index in [-0.39, 0.29) is 5.56 Å². The van der Waals surface area contributed by atoms with Crippen molar-refractivity contribution < 1.29 is 13.2 Å². The highest BCUT2D eigenvalue weighted by Crippen LogP contribution is 2.39. The van der Waals surface area contributed by atoms with Crippen LogP contribution in [0.15, 0.2) is 22.6 Å². The summed E-state index contributed by atoms with van der Waals surface area (Å²) in [5.74, 6) is 1.50. The molecule has 134 valence electrons. The first-order valence-corrected chi connectivity index (χ1v) is 9.16. The van der Waals surface area contributed by atoms with Gasteiger partial charge in [0.05, 0.1) is 6.54 Å². The third-order valence-corrected chi connectivity index (χ3v) is 5.24. The maximum Gasteiger partial charge on any atom is 0.230 e.